The lowest BCUT2D eigenvalue weighted by molar-refractivity contribution is 0.253. The minimum Gasteiger partial charge on any atom is -0.351 e. The number of carbonyl (C=O) groups is 1. The molecule has 0 aliphatic rings. The molecule has 0 heterocycles. The summed E-state index contributed by atoms with van der Waals surface area (Å²) >= 11 is 0. The fourth-order valence-corrected chi connectivity index (χ4v) is 2.62. The molecule has 0 aromatic heterocycles. The summed E-state index contributed by atoms with van der Waals surface area (Å²) in [5.74, 6) is 0. The summed E-state index contributed by atoms with van der Waals surface area (Å²) in [7, 11) is 1.49. The molecule has 1 rings (SSSR count). The van der Waals surface area contributed by atoms with Gasteiger partial charge in [0.15, 0.2) is 0 Å². The van der Waals surface area contributed by atoms with Crippen molar-refractivity contribution in [3.63, 3.8) is 0 Å². The number of amides is 2. The number of benzene rings is 1. The van der Waals surface area contributed by atoms with E-state index in [0.717, 1.165) is 25.7 Å². The molecule has 0 atom stereocenters. The molecule has 0 fully saturated rings. The van der Waals surface area contributed by atoms with Crippen LogP contribution < -0.4 is 10.6 Å². The number of anilines is 1. The number of nitrogens with two attached hydrogens (primary N) is 1. The highest BCUT2D eigenvalue weighted by Gasteiger charge is 2.14. The number of unbranched alkanes of at least 4 members (excludes halogenated alkanes) is 3. The smallest absolute Gasteiger partial charge is 0.319 e. The summed E-state index contributed by atoms with van der Waals surface area (Å²) in [4.78, 5) is 12.9. The van der Waals surface area contributed by atoms with Crippen molar-refractivity contribution in [1.29, 1.82) is 0 Å². The van der Waals surface area contributed by atoms with Crippen molar-refractivity contribution < 1.29 is 13.2 Å². The molecule has 20 heavy (non-hydrogen) atoms. The maximum absolute atomic E-state index is 11.4. The second kappa shape index (κ2) is 7.50. The topological polar surface area (TPSA) is 80.5 Å². The number of rotatable bonds is 7. The first kappa shape index (κ1) is 16.8. The first-order valence-electron chi connectivity index (χ1n) is 6.48. The predicted molar refractivity (Wildman–Crippen MR) is 80.6 cm³/mol. The van der Waals surface area contributed by atoms with Crippen LogP contribution in [0.25, 0.3) is 0 Å². The molecule has 112 valence electrons. The minimum absolute atomic E-state index is 0.00156. The second-order valence-electron chi connectivity index (χ2n) is 4.48. The van der Waals surface area contributed by atoms with Crippen molar-refractivity contribution in [3.8, 4) is 0 Å². The zero-order valence-electron chi connectivity index (χ0n) is 11.4. The molecule has 5 nitrogen and oxygen atoms in total. The van der Waals surface area contributed by atoms with Crippen LogP contribution in [0.1, 0.15) is 32.6 Å². The lowest BCUT2D eigenvalue weighted by atomic mass is 10.2. The number of hydrogen-bond acceptors (Lipinski definition) is 3. The molecule has 0 saturated carbocycles. The van der Waals surface area contributed by atoms with Crippen molar-refractivity contribution in [2.75, 3.05) is 11.4 Å². The molecule has 2 amide bonds. The predicted octanol–water partition coefficient (Wildman–Crippen LogP) is 3.08. The molecule has 0 saturated heterocycles. The van der Waals surface area contributed by atoms with Gasteiger partial charge in [0, 0.05) is 22.9 Å². The Balaban J connectivity index is 2.80. The highest BCUT2D eigenvalue weighted by molar-refractivity contribution is 8.13. The van der Waals surface area contributed by atoms with Crippen molar-refractivity contribution >= 4 is 31.5 Å². The number of carbonyl (C=O) groups excluding carboxylic acids is 1. The molecule has 7 heteroatoms. The Morgan fingerprint density at radius 3 is 2.25 bits per heavy atom. The maximum atomic E-state index is 11.4. The van der Waals surface area contributed by atoms with E-state index in [2.05, 4.69) is 6.92 Å². The molecule has 0 aliphatic heterocycles. The largest absolute Gasteiger partial charge is 0.351 e. The Kier molecular flexibility index (Phi) is 6.29. The summed E-state index contributed by atoms with van der Waals surface area (Å²) in [5, 5.41) is 0. The van der Waals surface area contributed by atoms with E-state index in [1.807, 2.05) is 0 Å². The summed E-state index contributed by atoms with van der Waals surface area (Å²) < 4.78 is 22.3. The number of hydrogen-bond donors (Lipinski definition) is 1. The summed E-state index contributed by atoms with van der Waals surface area (Å²) in [6.07, 6.45) is 4.09. The normalized spacial score (nSPS) is 11.3. The van der Waals surface area contributed by atoms with Gasteiger partial charge in [0.05, 0.1) is 4.90 Å². The highest BCUT2D eigenvalue weighted by atomic mass is 35.7. The molecule has 0 aliphatic carbocycles. The van der Waals surface area contributed by atoms with Gasteiger partial charge < -0.3 is 5.73 Å². The van der Waals surface area contributed by atoms with Gasteiger partial charge in [-0.1, -0.05) is 26.2 Å². The van der Waals surface area contributed by atoms with Gasteiger partial charge in [0.2, 0.25) is 0 Å². The Labute approximate surface area is 124 Å². The summed E-state index contributed by atoms with van der Waals surface area (Å²) in [6, 6.07) is 5.22. The van der Waals surface area contributed by atoms with Gasteiger partial charge in [0.1, 0.15) is 0 Å². The van der Waals surface area contributed by atoms with Gasteiger partial charge in [0.25, 0.3) is 9.05 Å². The van der Waals surface area contributed by atoms with E-state index in [0.29, 0.717) is 12.2 Å². The Morgan fingerprint density at radius 1 is 1.20 bits per heavy atom. The first-order valence-corrected chi connectivity index (χ1v) is 8.79. The molecule has 0 spiro atoms. The third-order valence-corrected chi connectivity index (χ3v) is 4.30. The number of nitrogens with zero attached hydrogens (tertiary/aromatic N) is 1. The van der Waals surface area contributed by atoms with E-state index in [1.165, 1.54) is 29.2 Å². The van der Waals surface area contributed by atoms with Gasteiger partial charge >= 0.3 is 6.03 Å². The van der Waals surface area contributed by atoms with E-state index in [-0.39, 0.29) is 4.90 Å². The standard InChI is InChI=1S/C13H19ClN2O3S/c1-2-3-4-5-10-16(13(15)17)11-6-8-12(9-7-11)20(14,18)19/h6-9H,2-5,10H2,1H3,(H2,15,17). The molecule has 1 aromatic rings. The maximum Gasteiger partial charge on any atom is 0.319 e. The molecular formula is C13H19ClN2O3S. The highest BCUT2D eigenvalue weighted by Crippen LogP contribution is 2.21. The average Bonchev–Trinajstić information content (AvgIpc) is 2.37. The minimum atomic E-state index is -3.75. The van der Waals surface area contributed by atoms with E-state index < -0.39 is 15.1 Å². The lowest BCUT2D eigenvalue weighted by Gasteiger charge is -2.20. The van der Waals surface area contributed by atoms with Gasteiger partial charge in [-0.2, -0.15) is 0 Å². The Bertz CT molecular complexity index is 543. The van der Waals surface area contributed by atoms with Gasteiger partial charge in [-0.25, -0.2) is 13.2 Å². The summed E-state index contributed by atoms with van der Waals surface area (Å²) in [5.41, 5.74) is 5.92. The van der Waals surface area contributed by atoms with Crippen molar-refractivity contribution in [3.05, 3.63) is 24.3 Å². The zero-order valence-corrected chi connectivity index (χ0v) is 13.0. The monoisotopic (exact) mass is 318 g/mol. The zero-order chi connectivity index (χ0) is 15.2. The van der Waals surface area contributed by atoms with Crippen LogP contribution in [0.4, 0.5) is 10.5 Å². The Morgan fingerprint density at radius 2 is 1.80 bits per heavy atom. The number of urea groups is 1. The molecular weight excluding hydrogens is 300 g/mol. The Hall–Kier alpha value is -1.27. The van der Waals surface area contributed by atoms with E-state index in [9.17, 15) is 13.2 Å². The van der Waals surface area contributed by atoms with Crippen LogP contribution in [0, 0.1) is 0 Å². The van der Waals surface area contributed by atoms with Crippen molar-refractivity contribution in [2.24, 2.45) is 5.73 Å². The van der Waals surface area contributed by atoms with Crippen molar-refractivity contribution in [2.45, 2.75) is 37.5 Å². The fourth-order valence-electron chi connectivity index (χ4n) is 1.85. The average molecular weight is 319 g/mol. The van der Waals surface area contributed by atoms with Crippen molar-refractivity contribution in [1.82, 2.24) is 0 Å². The van der Waals surface area contributed by atoms with E-state index in [4.69, 9.17) is 16.4 Å². The quantitative estimate of drug-likeness (QED) is 0.619. The molecule has 2 N–H and O–H groups in total. The molecule has 0 radical (unpaired) electrons. The fraction of sp³-hybridized carbons (Fsp3) is 0.462. The van der Waals surface area contributed by atoms with E-state index >= 15 is 0 Å². The summed E-state index contributed by atoms with van der Waals surface area (Å²) in [6.45, 7) is 2.62. The first-order chi connectivity index (χ1) is 9.36. The number of halogens is 1. The van der Waals surface area contributed by atoms with Crippen LogP contribution in [-0.2, 0) is 9.05 Å². The SMILES string of the molecule is CCCCCCN(C(N)=O)c1ccc(S(=O)(=O)Cl)cc1. The molecule has 0 bridgehead atoms. The third kappa shape index (κ3) is 5.02. The third-order valence-electron chi connectivity index (χ3n) is 2.93. The number of primary amides is 1. The van der Waals surface area contributed by atoms with Gasteiger partial charge in [-0.15, -0.1) is 0 Å². The van der Waals surface area contributed by atoms with Crippen LogP contribution in [0.5, 0.6) is 0 Å². The molecule has 0 unspecified atom stereocenters. The van der Waals surface area contributed by atoms with Crippen LogP contribution in [0.3, 0.4) is 0 Å². The van der Waals surface area contributed by atoms with Crippen LogP contribution in [-0.4, -0.2) is 21.0 Å². The van der Waals surface area contributed by atoms with Gasteiger partial charge in [-0.05, 0) is 30.7 Å². The lowest BCUT2D eigenvalue weighted by Crippen LogP contribution is -2.36. The molecule has 1 aromatic carbocycles. The van der Waals surface area contributed by atoms with Crippen LogP contribution in [0.15, 0.2) is 29.2 Å². The van der Waals surface area contributed by atoms with Gasteiger partial charge in [-0.3, -0.25) is 4.90 Å². The second-order valence-corrected chi connectivity index (χ2v) is 7.05. The van der Waals surface area contributed by atoms with Crippen LogP contribution >= 0.6 is 10.7 Å². The van der Waals surface area contributed by atoms with Crippen LogP contribution in [0.2, 0.25) is 0 Å². The van der Waals surface area contributed by atoms with E-state index in [1.54, 1.807) is 0 Å².